The molecule has 0 amide bonds. The number of aryl methyl sites for hydroxylation is 1. The van der Waals surface area contributed by atoms with E-state index >= 15 is 0 Å². The Balaban J connectivity index is 1.53. The average molecular weight is 537 g/mol. The van der Waals surface area contributed by atoms with Gasteiger partial charge in [0.2, 0.25) is 0 Å². The summed E-state index contributed by atoms with van der Waals surface area (Å²) in [7, 11) is 3.26. The van der Waals surface area contributed by atoms with Crippen LogP contribution in [0.25, 0.3) is 11.8 Å². The highest BCUT2D eigenvalue weighted by atomic mass is 32.1. The van der Waals surface area contributed by atoms with Gasteiger partial charge < -0.3 is 14.2 Å². The van der Waals surface area contributed by atoms with Crippen molar-refractivity contribution in [3.8, 4) is 17.2 Å². The fourth-order valence-electron chi connectivity index (χ4n) is 5.30. The van der Waals surface area contributed by atoms with Crippen molar-refractivity contribution in [2.24, 2.45) is 4.99 Å². The second-order valence-electron chi connectivity index (χ2n) is 9.40. The van der Waals surface area contributed by atoms with Crippen LogP contribution in [0.3, 0.4) is 0 Å². The van der Waals surface area contributed by atoms with Crippen LogP contribution >= 0.6 is 11.3 Å². The minimum Gasteiger partial charge on any atom is -0.497 e. The monoisotopic (exact) mass is 536 g/mol. The van der Waals surface area contributed by atoms with E-state index in [0.717, 1.165) is 41.0 Å². The zero-order valence-corrected chi connectivity index (χ0v) is 22.7. The van der Waals surface area contributed by atoms with Crippen LogP contribution in [0.15, 0.2) is 94.7 Å². The summed E-state index contributed by atoms with van der Waals surface area (Å²) < 4.78 is 19.1. The molecule has 7 heteroatoms. The van der Waals surface area contributed by atoms with E-state index in [9.17, 15) is 4.79 Å². The number of ether oxygens (including phenoxy) is 3. The number of rotatable bonds is 7. The lowest BCUT2D eigenvalue weighted by atomic mass is 9.83. The van der Waals surface area contributed by atoms with Gasteiger partial charge in [0.15, 0.2) is 16.3 Å². The van der Waals surface area contributed by atoms with Crippen molar-refractivity contribution in [1.82, 2.24) is 4.57 Å². The number of methoxy groups -OCH3 is 2. The van der Waals surface area contributed by atoms with Crippen LogP contribution in [0.2, 0.25) is 0 Å². The maximum atomic E-state index is 14.0. The Hall–Kier alpha value is -4.36. The van der Waals surface area contributed by atoms with Gasteiger partial charge in [-0.2, -0.15) is 0 Å². The van der Waals surface area contributed by atoms with Gasteiger partial charge in [-0.25, -0.2) is 4.99 Å². The summed E-state index contributed by atoms with van der Waals surface area (Å²) in [5.41, 5.74) is 6.41. The second-order valence-corrected chi connectivity index (χ2v) is 10.4. The minimum absolute atomic E-state index is 0.0593. The predicted molar refractivity (Wildman–Crippen MR) is 154 cm³/mol. The molecule has 3 aromatic carbocycles. The van der Waals surface area contributed by atoms with Gasteiger partial charge in [-0.1, -0.05) is 66.5 Å². The number of nitrogens with zero attached hydrogens (tertiary/aromatic N) is 2. The Morgan fingerprint density at radius 2 is 1.85 bits per heavy atom. The lowest BCUT2D eigenvalue weighted by molar-refractivity contribution is 0.326. The number of benzene rings is 3. The van der Waals surface area contributed by atoms with E-state index < -0.39 is 0 Å². The largest absolute Gasteiger partial charge is 0.497 e. The molecule has 4 aromatic rings. The smallest absolute Gasteiger partial charge is 0.271 e. The van der Waals surface area contributed by atoms with Crippen molar-refractivity contribution < 1.29 is 14.2 Å². The van der Waals surface area contributed by atoms with Crippen molar-refractivity contribution in [3.63, 3.8) is 0 Å². The molecule has 0 spiro atoms. The van der Waals surface area contributed by atoms with Gasteiger partial charge in [-0.15, -0.1) is 0 Å². The Labute approximate surface area is 230 Å². The van der Waals surface area contributed by atoms with Gasteiger partial charge in [-0.3, -0.25) is 9.36 Å². The van der Waals surface area contributed by atoms with E-state index in [0.29, 0.717) is 27.4 Å². The van der Waals surface area contributed by atoms with Crippen LogP contribution in [0.4, 0.5) is 0 Å². The first-order valence-corrected chi connectivity index (χ1v) is 13.6. The standard InChI is InChI=1S/C32H28N2O4S/c1-4-17-38-26-16-9-20(18-27(26)37-3)19-28-31(35)34-30(22-10-13-23(36-2)14-11-22)25-15-12-21-7-5-6-8-24(21)29(25)33-32(34)39-28/h4-11,13-14,16,18-19,30H,1,12,15,17H2,2-3H3/b28-19+/t30-/m1/s1. The van der Waals surface area contributed by atoms with Crippen molar-refractivity contribution in [3.05, 3.63) is 127 Å². The van der Waals surface area contributed by atoms with E-state index in [1.54, 1.807) is 20.3 Å². The van der Waals surface area contributed by atoms with Crippen molar-refractivity contribution >= 4 is 23.1 Å². The topological polar surface area (TPSA) is 62.0 Å². The molecule has 1 aliphatic heterocycles. The molecule has 0 fully saturated rings. The van der Waals surface area contributed by atoms with Crippen LogP contribution in [-0.2, 0) is 6.42 Å². The summed E-state index contributed by atoms with van der Waals surface area (Å²) in [6.07, 6.45) is 5.35. The third-order valence-electron chi connectivity index (χ3n) is 7.15. The molecule has 2 heterocycles. The molecule has 39 heavy (non-hydrogen) atoms. The zero-order chi connectivity index (χ0) is 26.9. The second kappa shape index (κ2) is 10.4. The molecule has 0 unspecified atom stereocenters. The Bertz CT molecular complexity index is 1780. The highest BCUT2D eigenvalue weighted by Crippen LogP contribution is 2.41. The van der Waals surface area contributed by atoms with E-state index in [1.165, 1.54) is 22.5 Å². The van der Waals surface area contributed by atoms with Crippen molar-refractivity contribution in [2.75, 3.05) is 20.8 Å². The first-order chi connectivity index (χ1) is 19.1. The number of thiazole rings is 1. The van der Waals surface area contributed by atoms with Gasteiger partial charge in [0.1, 0.15) is 12.4 Å². The van der Waals surface area contributed by atoms with Gasteiger partial charge >= 0.3 is 0 Å². The maximum absolute atomic E-state index is 14.0. The van der Waals surface area contributed by atoms with Gasteiger partial charge in [0.05, 0.1) is 30.5 Å². The van der Waals surface area contributed by atoms with Gasteiger partial charge in [0.25, 0.3) is 5.56 Å². The summed E-state index contributed by atoms with van der Waals surface area (Å²) in [4.78, 5) is 19.8. The molecular weight excluding hydrogens is 508 g/mol. The molecule has 196 valence electrons. The summed E-state index contributed by atoms with van der Waals surface area (Å²) in [6, 6.07) is 21.8. The SMILES string of the molecule is C=CCOc1ccc(/C=c2/sc3n(c2=O)[C@H](c2ccc(OC)cc2)C2=C(N=3)c3ccccc3CC2)cc1OC. The zero-order valence-electron chi connectivity index (χ0n) is 21.8. The molecule has 1 atom stereocenters. The van der Waals surface area contributed by atoms with Crippen molar-refractivity contribution in [2.45, 2.75) is 18.9 Å². The number of hydrogen-bond acceptors (Lipinski definition) is 6. The number of fused-ring (bicyclic) bond motifs is 3. The molecule has 0 saturated carbocycles. The molecule has 6 nitrogen and oxygen atoms in total. The lowest BCUT2D eigenvalue weighted by Gasteiger charge is -2.30. The molecule has 1 aromatic heterocycles. The number of allylic oxidation sites excluding steroid dienone is 1. The minimum atomic E-state index is -0.234. The van der Waals surface area contributed by atoms with Gasteiger partial charge in [0, 0.05) is 5.56 Å². The molecule has 2 aliphatic rings. The van der Waals surface area contributed by atoms with E-state index in [4.69, 9.17) is 19.2 Å². The van der Waals surface area contributed by atoms with E-state index in [1.807, 2.05) is 53.1 Å². The highest BCUT2D eigenvalue weighted by molar-refractivity contribution is 7.07. The van der Waals surface area contributed by atoms with E-state index in [-0.39, 0.29) is 11.6 Å². The lowest BCUT2D eigenvalue weighted by Crippen LogP contribution is -2.38. The Morgan fingerprint density at radius 1 is 1.03 bits per heavy atom. The van der Waals surface area contributed by atoms with Crippen LogP contribution in [0.1, 0.15) is 34.7 Å². The molecule has 1 aliphatic carbocycles. The summed E-state index contributed by atoms with van der Waals surface area (Å²) in [5, 5.41) is 0. The molecule has 0 radical (unpaired) electrons. The first kappa shape index (κ1) is 24.9. The molecule has 0 bridgehead atoms. The van der Waals surface area contributed by atoms with Crippen LogP contribution < -0.4 is 29.1 Å². The fraction of sp³-hybridized carbons (Fsp3) is 0.188. The molecule has 6 rings (SSSR count). The fourth-order valence-corrected chi connectivity index (χ4v) is 6.30. The predicted octanol–water partition coefficient (Wildman–Crippen LogP) is 4.90. The molecule has 0 saturated heterocycles. The van der Waals surface area contributed by atoms with Crippen molar-refractivity contribution in [1.29, 1.82) is 0 Å². The summed E-state index contributed by atoms with van der Waals surface area (Å²) in [6.45, 7) is 4.08. The Morgan fingerprint density at radius 3 is 2.62 bits per heavy atom. The first-order valence-electron chi connectivity index (χ1n) is 12.8. The number of hydrogen-bond donors (Lipinski definition) is 0. The van der Waals surface area contributed by atoms with Gasteiger partial charge in [-0.05, 0) is 65.4 Å². The quantitative estimate of drug-likeness (QED) is 0.315. The normalized spacial score (nSPS) is 16.1. The third kappa shape index (κ3) is 4.49. The average Bonchev–Trinajstić information content (AvgIpc) is 3.29. The van der Waals surface area contributed by atoms with Crippen LogP contribution in [0, 0.1) is 0 Å². The maximum Gasteiger partial charge on any atom is 0.271 e. The summed E-state index contributed by atoms with van der Waals surface area (Å²) >= 11 is 1.41. The summed E-state index contributed by atoms with van der Waals surface area (Å²) in [5.74, 6) is 2.01. The molecular formula is C32H28N2O4S. The highest BCUT2D eigenvalue weighted by Gasteiger charge is 2.32. The van der Waals surface area contributed by atoms with Crippen LogP contribution in [0.5, 0.6) is 17.2 Å². The molecule has 0 N–H and O–H groups in total. The number of aromatic nitrogens is 1. The van der Waals surface area contributed by atoms with E-state index in [2.05, 4.69) is 30.8 Å². The van der Waals surface area contributed by atoms with Crippen LogP contribution in [-0.4, -0.2) is 25.4 Å². The Kier molecular flexibility index (Phi) is 6.67. The third-order valence-corrected chi connectivity index (χ3v) is 8.13.